The minimum Gasteiger partial charge on any atom is -0.369 e. The maximum atomic E-state index is 13.4. The van der Waals surface area contributed by atoms with Gasteiger partial charge in [0.25, 0.3) is 23.6 Å². The predicted octanol–water partition coefficient (Wildman–Crippen LogP) is 13.3. The normalized spacial score (nSPS) is 22.7. The Kier molecular flexibility index (Phi) is 35.1. The molecule has 9 aromatic rings. The first-order chi connectivity index (χ1) is 62.7. The number of ether oxygens (including phenoxy) is 1. The number of halogens is 1. The van der Waals surface area contributed by atoms with Crippen LogP contribution in [0.2, 0.25) is 19.6 Å². The molecule has 1 aliphatic carbocycles. The number of fused-ring (bicyclic) bond motifs is 5. The SMILES string of the molecule is C=C=C=C=S.COCN(Cc1ccccc1)C[Si](C)(C)C.Cl.O=C(c1ccccc1)N1CC2CN(C(=O)c3ccc4c5c(cccc35)CC4)CC2C1.O=C(c1ccccc1)N1CC2CN(Cc3ccccc3)CC2C1.O=C(c1ccccc1)N1CC2CNCC2C1.O=C1CCC(=O)N1.O=C1NC(=O)C2CN(Cc3ccccc3)CC12.c1ccc(CN2CC3CNCC3C2)cc1. The van der Waals surface area contributed by atoms with Gasteiger partial charge in [-0.3, -0.25) is 68.6 Å². The summed E-state index contributed by atoms with van der Waals surface area (Å²) in [5.74, 6) is 5.04. The molecule has 11 aliphatic heterocycles. The summed E-state index contributed by atoms with van der Waals surface area (Å²) >= 11 is 4.19. The van der Waals surface area contributed by atoms with E-state index in [-0.39, 0.29) is 71.5 Å². The number of benzene rings is 9. The van der Waals surface area contributed by atoms with Crippen LogP contribution in [0.5, 0.6) is 0 Å². The quantitative estimate of drug-likeness (QED) is 0.0232. The molecule has 24 heteroatoms. The Balaban J connectivity index is 0.000000131. The van der Waals surface area contributed by atoms with Crippen molar-refractivity contribution in [2.45, 2.75) is 71.5 Å². The molecule has 4 N–H and O–H groups in total. The third kappa shape index (κ3) is 26.5. The number of hydrogen-bond donors (Lipinski definition) is 4. The summed E-state index contributed by atoms with van der Waals surface area (Å²) in [5.41, 5.74) is 16.0. The second kappa shape index (κ2) is 47.2. The zero-order valence-electron chi connectivity index (χ0n) is 75.4. The summed E-state index contributed by atoms with van der Waals surface area (Å²) in [4.78, 5) is 112. The first-order valence-corrected chi connectivity index (χ1v) is 49.9. The molecule has 10 atom stereocenters. The van der Waals surface area contributed by atoms with Gasteiger partial charge in [-0.25, -0.2) is 0 Å². The second-order valence-corrected chi connectivity index (χ2v) is 43.0. The number of amides is 8. The molecule has 130 heavy (non-hydrogen) atoms. The lowest BCUT2D eigenvalue weighted by Crippen LogP contribution is -2.40. The van der Waals surface area contributed by atoms with Crippen molar-refractivity contribution in [3.05, 3.63) is 316 Å². The molecule has 9 aromatic carbocycles. The molecule has 0 radical (unpaired) electrons. The van der Waals surface area contributed by atoms with Crippen molar-refractivity contribution in [3.63, 3.8) is 0 Å². The van der Waals surface area contributed by atoms with Crippen molar-refractivity contribution in [2.75, 3.05) is 138 Å². The zero-order valence-corrected chi connectivity index (χ0v) is 78.1. The fourth-order valence-electron chi connectivity index (χ4n) is 20.5. The van der Waals surface area contributed by atoms with Crippen LogP contribution in [-0.4, -0.2) is 237 Å². The number of hydrogen-bond acceptors (Lipinski definition) is 16. The summed E-state index contributed by atoms with van der Waals surface area (Å²) < 4.78 is 5.27. The van der Waals surface area contributed by atoms with Crippen LogP contribution in [0.15, 0.2) is 261 Å². The van der Waals surface area contributed by atoms with Crippen molar-refractivity contribution < 1.29 is 43.1 Å². The van der Waals surface area contributed by atoms with Crippen molar-refractivity contribution in [1.82, 2.24) is 60.5 Å². The topological polar surface area (TPSA) is 220 Å². The number of carbonyl (C=O) groups excluding carboxylic acids is 8. The van der Waals surface area contributed by atoms with Crippen LogP contribution >= 0.6 is 24.6 Å². The van der Waals surface area contributed by atoms with E-state index in [0.29, 0.717) is 61.4 Å². The van der Waals surface area contributed by atoms with Crippen LogP contribution in [0, 0.1) is 59.2 Å². The molecular formula is C106H125ClN12O9SSi. The van der Waals surface area contributed by atoms with Crippen molar-refractivity contribution in [3.8, 4) is 0 Å². The van der Waals surface area contributed by atoms with Gasteiger partial charge in [-0.2, -0.15) is 0 Å². The Morgan fingerprint density at radius 1 is 0.408 bits per heavy atom. The van der Waals surface area contributed by atoms with Crippen LogP contribution in [0.3, 0.4) is 0 Å². The molecule has 680 valence electrons. The molecule has 0 aromatic heterocycles. The minimum atomic E-state index is -1.07. The maximum Gasteiger partial charge on any atom is 0.254 e. The highest BCUT2D eigenvalue weighted by molar-refractivity contribution is 7.78. The third-order valence-corrected chi connectivity index (χ3v) is 28.0. The lowest BCUT2D eigenvalue weighted by molar-refractivity contribution is -0.127. The summed E-state index contributed by atoms with van der Waals surface area (Å²) in [7, 11) is 0.701. The molecule has 21 rings (SSSR count). The van der Waals surface area contributed by atoms with Crippen LogP contribution in [0.4, 0.5) is 0 Å². The molecule has 0 bridgehead atoms. The lowest BCUT2D eigenvalue weighted by Gasteiger charge is -2.28. The molecule has 0 saturated carbocycles. The smallest absolute Gasteiger partial charge is 0.254 e. The number of rotatable bonds is 16. The van der Waals surface area contributed by atoms with Gasteiger partial charge in [0, 0.05) is 190 Å². The molecule has 11 heterocycles. The molecule has 0 spiro atoms. The number of likely N-dealkylation sites (tertiary alicyclic amines) is 7. The van der Waals surface area contributed by atoms with E-state index < -0.39 is 8.07 Å². The van der Waals surface area contributed by atoms with Crippen LogP contribution in [0.25, 0.3) is 10.8 Å². The fraction of sp³-hybridized carbons (Fsp3) is 0.396. The standard InChI is InChI=1S/C26H24N2O2.C20H22N2O.C13H14N2O2.C13H16N2O.C13H18N2.C13H23NOSi.C4H5NO2.C4H2S.ClH/c29-25(19-5-2-1-3-6-19)27-13-20-15-28(16-21(20)14-27)26(30)23-12-11-18-10-9-17-7-4-8-22(23)24(17)18;23-20(17-9-5-2-6-10-17)22-14-18-12-21(13-19(18)15-22)11-16-7-3-1-4-8-16;16-12-10-7-15(8-11(10)13(17)14-12)6-9-4-2-1-3-5-9;16-13(10-4-2-1-3-5-10)15-8-11-6-14-7-12(11)9-15;1-2-4-11(5-3-1)8-15-9-12-6-14-7-13(12)10-15;1-15-11-14(12-16(2,3)4)10-13-8-6-5-7-9-13;6-3-1-2-4(7)5-3;1-2-3-4-5;/h1-8,11-12,20-21H,9-10,13-16H2;1-10,18-19H,11-15H2;1-5,10-11H,6-8H2,(H,14,16,17);1-5,11-12,14H,6-9H2;1-5,12-14H,6-10H2;5-9H,10-12H2,1-4H3;1-2H2,(H,5,6,7);1H2;1H. The highest BCUT2D eigenvalue weighted by Gasteiger charge is 2.49. The minimum absolute atomic E-state index is 0. The molecule has 8 amide bonds. The first kappa shape index (κ1) is 96.6. The van der Waals surface area contributed by atoms with Crippen molar-refractivity contribution in [2.24, 2.45) is 59.2 Å². The number of nitrogens with one attached hydrogen (secondary N) is 4. The van der Waals surface area contributed by atoms with Gasteiger partial charge in [0.1, 0.15) is 0 Å². The Labute approximate surface area is 779 Å². The Morgan fingerprint density at radius 3 is 1.10 bits per heavy atom. The van der Waals surface area contributed by atoms with E-state index in [9.17, 15) is 38.4 Å². The van der Waals surface area contributed by atoms with E-state index in [0.717, 1.165) is 164 Å². The van der Waals surface area contributed by atoms with Gasteiger partial charge in [-0.15, -0.1) is 12.4 Å². The van der Waals surface area contributed by atoms with E-state index in [1.807, 2.05) is 135 Å². The van der Waals surface area contributed by atoms with Gasteiger partial charge in [0.2, 0.25) is 23.6 Å². The number of aryl methyl sites for hydroxylation is 2. The number of thiocarbonyl (C=S) groups is 1. The second-order valence-electron chi connectivity index (χ2n) is 37.4. The van der Waals surface area contributed by atoms with Gasteiger partial charge in [-0.05, 0) is 179 Å². The Hall–Kier alpha value is -10.9. The third-order valence-electron chi connectivity index (χ3n) is 26.5. The number of imide groups is 2. The van der Waals surface area contributed by atoms with E-state index in [1.54, 1.807) is 7.11 Å². The van der Waals surface area contributed by atoms with Gasteiger partial charge in [0.05, 0.1) is 26.6 Å². The Morgan fingerprint density at radius 2 is 0.746 bits per heavy atom. The fourth-order valence-corrected chi connectivity index (χ4v) is 22.1. The summed E-state index contributed by atoms with van der Waals surface area (Å²) in [6.07, 6.45) is 4.07. The predicted molar refractivity (Wildman–Crippen MR) is 520 cm³/mol. The zero-order chi connectivity index (χ0) is 90.2. The van der Waals surface area contributed by atoms with Crippen molar-refractivity contribution in [1.29, 1.82) is 0 Å². The van der Waals surface area contributed by atoms with E-state index in [2.05, 4.69) is 223 Å². The van der Waals surface area contributed by atoms with Crippen LogP contribution in [0.1, 0.15) is 87.7 Å². The number of nitrogens with zero attached hydrogens (tertiary/aromatic N) is 8. The highest BCUT2D eigenvalue weighted by atomic mass is 35.5. The first-order valence-electron chi connectivity index (χ1n) is 45.8. The van der Waals surface area contributed by atoms with Crippen LogP contribution < -0.4 is 21.3 Å². The Bertz CT molecular complexity index is 5290. The molecule has 12 aliphatic rings. The average Bonchev–Trinajstić information content (AvgIpc) is 1.59. The number of carbonyl (C=O) groups is 8. The average molecular weight is 1810 g/mol. The molecule has 10 unspecified atom stereocenters. The lowest BCUT2D eigenvalue weighted by atomic mass is 9.99. The van der Waals surface area contributed by atoms with Gasteiger partial charge in [-0.1, -0.05) is 226 Å². The summed E-state index contributed by atoms with van der Waals surface area (Å²) in [6.45, 7) is 32.4. The highest BCUT2D eigenvalue weighted by Crippen LogP contribution is 2.39. The van der Waals surface area contributed by atoms with Gasteiger partial charge >= 0.3 is 0 Å². The molecule has 11 saturated heterocycles. The van der Waals surface area contributed by atoms with E-state index in [1.165, 1.54) is 71.1 Å². The number of methoxy groups -OCH3 is 1. The van der Waals surface area contributed by atoms with E-state index >= 15 is 0 Å². The van der Waals surface area contributed by atoms with Crippen LogP contribution in [-0.2, 0) is 62.9 Å². The molecule has 21 nitrogen and oxygen atoms in total. The monoisotopic (exact) mass is 1800 g/mol. The van der Waals surface area contributed by atoms with Crippen molar-refractivity contribution >= 4 is 95.8 Å². The maximum absolute atomic E-state index is 13.4. The van der Waals surface area contributed by atoms with Gasteiger partial charge in [0.15, 0.2) is 0 Å². The van der Waals surface area contributed by atoms with Gasteiger partial charge < -0.3 is 35.0 Å². The summed E-state index contributed by atoms with van der Waals surface area (Å²) in [5, 5.41) is 16.0. The van der Waals surface area contributed by atoms with E-state index in [4.69, 9.17) is 4.74 Å². The molecular weight excluding hydrogens is 1680 g/mol. The molecule has 11 fully saturated rings. The summed E-state index contributed by atoms with van der Waals surface area (Å²) in [6, 6.07) is 81.4. The largest absolute Gasteiger partial charge is 0.369 e.